The van der Waals surface area contributed by atoms with E-state index in [-0.39, 0.29) is 5.97 Å². The predicted octanol–water partition coefficient (Wildman–Crippen LogP) is 2.57. The molecule has 1 aliphatic heterocycles. The first-order valence-corrected chi connectivity index (χ1v) is 6.90. The smallest absolute Gasteiger partial charge is 0.335 e. The molecule has 1 aromatic carbocycles. The Morgan fingerprint density at radius 3 is 3.00 bits per heavy atom. The van der Waals surface area contributed by atoms with E-state index in [1.807, 2.05) is 37.3 Å². The SMILES string of the molecule is CCOC(=O)C1N=COC1c1ccc2nc(C)ccc2c1. The molecule has 108 valence electrons. The fraction of sp³-hybridized carbons (Fsp3) is 0.312. The van der Waals surface area contributed by atoms with E-state index in [0.29, 0.717) is 6.61 Å². The van der Waals surface area contributed by atoms with E-state index in [0.717, 1.165) is 22.2 Å². The third-order valence-corrected chi connectivity index (χ3v) is 3.42. The number of benzene rings is 1. The van der Waals surface area contributed by atoms with Crippen LogP contribution in [-0.4, -0.2) is 30.0 Å². The van der Waals surface area contributed by atoms with E-state index in [9.17, 15) is 4.79 Å². The van der Waals surface area contributed by atoms with Gasteiger partial charge in [0.2, 0.25) is 0 Å². The molecule has 0 aliphatic carbocycles. The molecule has 2 atom stereocenters. The number of hydrogen-bond acceptors (Lipinski definition) is 5. The van der Waals surface area contributed by atoms with Crippen molar-refractivity contribution in [2.75, 3.05) is 6.61 Å². The van der Waals surface area contributed by atoms with E-state index in [1.54, 1.807) is 6.92 Å². The molecule has 5 heteroatoms. The van der Waals surface area contributed by atoms with Gasteiger partial charge in [-0.15, -0.1) is 0 Å². The summed E-state index contributed by atoms with van der Waals surface area (Å²) in [5.74, 6) is -0.363. The number of fused-ring (bicyclic) bond motifs is 1. The Morgan fingerprint density at radius 1 is 1.33 bits per heavy atom. The highest BCUT2D eigenvalue weighted by Crippen LogP contribution is 2.29. The molecule has 0 bridgehead atoms. The monoisotopic (exact) mass is 284 g/mol. The second-order valence-corrected chi connectivity index (χ2v) is 4.91. The average Bonchev–Trinajstić information content (AvgIpc) is 2.96. The third kappa shape index (κ3) is 2.59. The zero-order valence-electron chi connectivity index (χ0n) is 11.9. The summed E-state index contributed by atoms with van der Waals surface area (Å²) in [5.41, 5.74) is 2.79. The van der Waals surface area contributed by atoms with Crippen LogP contribution < -0.4 is 0 Å². The zero-order chi connectivity index (χ0) is 14.8. The van der Waals surface area contributed by atoms with Crippen molar-refractivity contribution >= 4 is 23.3 Å². The lowest BCUT2D eigenvalue weighted by atomic mass is 10.0. The van der Waals surface area contributed by atoms with Gasteiger partial charge in [-0.3, -0.25) is 4.98 Å². The van der Waals surface area contributed by atoms with Crippen LogP contribution in [0.15, 0.2) is 35.3 Å². The van der Waals surface area contributed by atoms with Crippen LogP contribution in [0.2, 0.25) is 0 Å². The van der Waals surface area contributed by atoms with Crippen molar-refractivity contribution in [3.05, 3.63) is 41.6 Å². The quantitative estimate of drug-likeness (QED) is 0.813. The highest BCUT2D eigenvalue weighted by molar-refractivity contribution is 5.82. The van der Waals surface area contributed by atoms with Crippen molar-refractivity contribution in [1.82, 2.24) is 4.98 Å². The van der Waals surface area contributed by atoms with Crippen LogP contribution >= 0.6 is 0 Å². The number of carbonyl (C=O) groups excluding carboxylic acids is 1. The Balaban J connectivity index is 1.92. The molecule has 21 heavy (non-hydrogen) atoms. The molecule has 0 radical (unpaired) electrons. The van der Waals surface area contributed by atoms with Gasteiger partial charge in [0.25, 0.3) is 0 Å². The van der Waals surface area contributed by atoms with E-state index in [4.69, 9.17) is 9.47 Å². The van der Waals surface area contributed by atoms with E-state index >= 15 is 0 Å². The second-order valence-electron chi connectivity index (χ2n) is 4.91. The molecule has 1 aliphatic rings. The van der Waals surface area contributed by atoms with Crippen molar-refractivity contribution in [2.45, 2.75) is 26.0 Å². The molecule has 0 amide bonds. The van der Waals surface area contributed by atoms with Gasteiger partial charge in [0.15, 0.2) is 18.5 Å². The minimum absolute atomic E-state index is 0.332. The van der Waals surface area contributed by atoms with Crippen LogP contribution in [-0.2, 0) is 14.3 Å². The highest BCUT2D eigenvalue weighted by Gasteiger charge is 2.35. The number of carbonyl (C=O) groups is 1. The summed E-state index contributed by atoms with van der Waals surface area (Å²) in [6, 6.07) is 9.16. The van der Waals surface area contributed by atoms with Crippen molar-refractivity contribution in [3.63, 3.8) is 0 Å². The second kappa shape index (κ2) is 5.52. The van der Waals surface area contributed by atoms with Crippen LogP contribution in [0.4, 0.5) is 0 Å². The minimum atomic E-state index is -0.638. The van der Waals surface area contributed by atoms with E-state index in [1.165, 1.54) is 6.40 Å². The van der Waals surface area contributed by atoms with Gasteiger partial charge in [-0.25, -0.2) is 9.79 Å². The lowest BCUT2D eigenvalue weighted by Crippen LogP contribution is -2.26. The van der Waals surface area contributed by atoms with Crippen molar-refractivity contribution in [1.29, 1.82) is 0 Å². The Kier molecular flexibility index (Phi) is 3.56. The number of ether oxygens (including phenoxy) is 2. The van der Waals surface area contributed by atoms with Gasteiger partial charge in [0.05, 0.1) is 12.1 Å². The number of aliphatic imine (C=N–C) groups is 1. The Labute approximate surface area is 122 Å². The predicted molar refractivity (Wildman–Crippen MR) is 79.2 cm³/mol. The molecule has 2 aromatic rings. The number of hydrogen-bond donors (Lipinski definition) is 0. The van der Waals surface area contributed by atoms with Gasteiger partial charge in [-0.1, -0.05) is 12.1 Å². The molecule has 2 unspecified atom stereocenters. The number of rotatable bonds is 3. The largest absolute Gasteiger partial charge is 0.473 e. The molecular weight excluding hydrogens is 268 g/mol. The molecule has 0 N–H and O–H groups in total. The van der Waals surface area contributed by atoms with E-state index < -0.39 is 12.1 Å². The maximum absolute atomic E-state index is 11.9. The molecule has 0 saturated heterocycles. The van der Waals surface area contributed by atoms with Crippen LogP contribution in [0.25, 0.3) is 10.9 Å². The Morgan fingerprint density at radius 2 is 2.19 bits per heavy atom. The molecule has 0 fully saturated rings. The van der Waals surface area contributed by atoms with E-state index in [2.05, 4.69) is 9.98 Å². The number of aryl methyl sites for hydroxylation is 1. The van der Waals surface area contributed by atoms with Gasteiger partial charge in [0, 0.05) is 11.1 Å². The fourth-order valence-electron chi connectivity index (χ4n) is 2.41. The summed E-state index contributed by atoms with van der Waals surface area (Å²) >= 11 is 0. The van der Waals surface area contributed by atoms with Crippen molar-refractivity contribution < 1.29 is 14.3 Å². The van der Waals surface area contributed by atoms with Crippen LogP contribution in [0, 0.1) is 6.92 Å². The Bertz CT molecular complexity index is 712. The summed E-state index contributed by atoms with van der Waals surface area (Å²) in [4.78, 5) is 20.4. The summed E-state index contributed by atoms with van der Waals surface area (Å²) in [5, 5.41) is 1.01. The number of nitrogens with zero attached hydrogens (tertiary/aromatic N) is 2. The van der Waals surface area contributed by atoms with Crippen molar-refractivity contribution in [2.24, 2.45) is 4.99 Å². The first-order valence-electron chi connectivity index (χ1n) is 6.90. The van der Waals surface area contributed by atoms with Gasteiger partial charge >= 0.3 is 5.97 Å². The maximum Gasteiger partial charge on any atom is 0.335 e. The third-order valence-electron chi connectivity index (χ3n) is 3.42. The molecule has 1 aromatic heterocycles. The number of pyridine rings is 1. The first kappa shape index (κ1) is 13.5. The van der Waals surface area contributed by atoms with Crippen LogP contribution in [0.3, 0.4) is 0 Å². The molecule has 0 spiro atoms. The van der Waals surface area contributed by atoms with Gasteiger partial charge in [-0.2, -0.15) is 0 Å². The van der Waals surface area contributed by atoms with Gasteiger partial charge in [0.1, 0.15) is 0 Å². The lowest BCUT2D eigenvalue weighted by Gasteiger charge is -2.16. The van der Waals surface area contributed by atoms with Crippen molar-refractivity contribution in [3.8, 4) is 0 Å². The standard InChI is InChI=1S/C16H16N2O3/c1-3-20-16(19)14-15(21-9-17-14)12-6-7-13-11(8-12)5-4-10(2)18-13/h4-9,14-15H,3H2,1-2H3. The number of esters is 1. The maximum atomic E-state index is 11.9. The summed E-state index contributed by atoms with van der Waals surface area (Å²) < 4.78 is 10.5. The highest BCUT2D eigenvalue weighted by atomic mass is 16.5. The molecule has 5 nitrogen and oxygen atoms in total. The minimum Gasteiger partial charge on any atom is -0.473 e. The van der Waals surface area contributed by atoms with Crippen LogP contribution in [0.1, 0.15) is 24.3 Å². The molecule has 3 rings (SSSR count). The summed E-state index contributed by atoms with van der Waals surface area (Å²) in [6.07, 6.45) is 0.888. The lowest BCUT2D eigenvalue weighted by molar-refractivity contribution is -0.146. The van der Waals surface area contributed by atoms with Gasteiger partial charge in [-0.05, 0) is 37.6 Å². The first-order chi connectivity index (χ1) is 10.2. The molecule has 2 heterocycles. The zero-order valence-corrected chi connectivity index (χ0v) is 11.9. The summed E-state index contributed by atoms with van der Waals surface area (Å²) in [6.45, 7) is 4.06. The number of aromatic nitrogens is 1. The normalized spacial score (nSPS) is 20.5. The van der Waals surface area contributed by atoms with Gasteiger partial charge < -0.3 is 9.47 Å². The molecule has 0 saturated carbocycles. The van der Waals surface area contributed by atoms with Crippen LogP contribution in [0.5, 0.6) is 0 Å². The summed E-state index contributed by atoms with van der Waals surface area (Å²) in [7, 11) is 0. The topological polar surface area (TPSA) is 60.8 Å². The molecular formula is C16H16N2O3. The average molecular weight is 284 g/mol. The Hall–Kier alpha value is -2.43. The fourth-order valence-corrected chi connectivity index (χ4v) is 2.41.